The number of carboxylic acids is 1. The summed E-state index contributed by atoms with van der Waals surface area (Å²) in [4.78, 5) is 10.5. The summed E-state index contributed by atoms with van der Waals surface area (Å²) < 4.78 is 0. The highest BCUT2D eigenvalue weighted by Crippen LogP contribution is 1.97. The molecule has 1 aromatic carbocycles. The molecule has 82 valence electrons. The molecule has 1 unspecified atom stereocenters. The molecule has 0 heterocycles. The molecule has 0 aliphatic heterocycles. The second-order valence-corrected chi connectivity index (χ2v) is 3.37. The summed E-state index contributed by atoms with van der Waals surface area (Å²) in [6.45, 7) is 2.31. The Morgan fingerprint density at radius 1 is 1.40 bits per heavy atom. The van der Waals surface area contributed by atoms with Crippen LogP contribution in [0.25, 0.3) is 0 Å². The van der Waals surface area contributed by atoms with Crippen LogP contribution in [-0.2, 0) is 11.2 Å². The number of nitrogens with one attached hydrogen (secondary N) is 2. The number of hydrogen-bond donors (Lipinski definition) is 3. The maximum Gasteiger partial charge on any atom is 0.321 e. The van der Waals surface area contributed by atoms with Gasteiger partial charge < -0.3 is 5.11 Å². The van der Waals surface area contributed by atoms with E-state index in [2.05, 4.69) is 10.9 Å². The fourth-order valence-electron chi connectivity index (χ4n) is 1.14. The number of hydrogen-bond acceptors (Lipinski definition) is 3. The standard InChI is InChI=1S/C11H16N2O2/c1-9(11(14)15)13-12-8-7-10-5-3-2-4-6-10/h2-6,9,12-13H,7-8H2,1H3,(H,14,15). The van der Waals surface area contributed by atoms with Crippen LogP contribution in [0.3, 0.4) is 0 Å². The lowest BCUT2D eigenvalue weighted by Gasteiger charge is -2.10. The summed E-state index contributed by atoms with van der Waals surface area (Å²) >= 11 is 0. The normalized spacial score (nSPS) is 12.3. The Balaban J connectivity index is 2.15. The van der Waals surface area contributed by atoms with Gasteiger partial charge in [0.15, 0.2) is 0 Å². The van der Waals surface area contributed by atoms with Crippen molar-refractivity contribution >= 4 is 5.97 Å². The van der Waals surface area contributed by atoms with Crippen LogP contribution in [0.1, 0.15) is 12.5 Å². The monoisotopic (exact) mass is 208 g/mol. The molecular formula is C11H16N2O2. The van der Waals surface area contributed by atoms with Crippen LogP contribution >= 0.6 is 0 Å². The predicted octanol–water partition coefficient (Wildman–Crippen LogP) is 0.796. The highest BCUT2D eigenvalue weighted by atomic mass is 16.4. The molecule has 0 aromatic heterocycles. The van der Waals surface area contributed by atoms with Gasteiger partial charge in [-0.2, -0.15) is 0 Å². The van der Waals surface area contributed by atoms with Crippen LogP contribution in [-0.4, -0.2) is 23.7 Å². The van der Waals surface area contributed by atoms with Crippen molar-refractivity contribution in [2.45, 2.75) is 19.4 Å². The zero-order chi connectivity index (χ0) is 11.1. The van der Waals surface area contributed by atoms with E-state index in [1.807, 2.05) is 30.3 Å². The van der Waals surface area contributed by atoms with Crippen LogP contribution < -0.4 is 10.9 Å². The first kappa shape index (κ1) is 11.7. The van der Waals surface area contributed by atoms with Gasteiger partial charge in [-0.1, -0.05) is 30.3 Å². The van der Waals surface area contributed by atoms with Crippen LogP contribution in [0.2, 0.25) is 0 Å². The molecule has 0 saturated carbocycles. The van der Waals surface area contributed by atoms with Gasteiger partial charge in [0.2, 0.25) is 0 Å². The molecule has 0 radical (unpaired) electrons. The Bertz CT molecular complexity index is 301. The average Bonchev–Trinajstić information content (AvgIpc) is 2.25. The Hall–Kier alpha value is -1.39. The van der Waals surface area contributed by atoms with Gasteiger partial charge in [0.05, 0.1) is 0 Å². The molecule has 1 rings (SSSR count). The van der Waals surface area contributed by atoms with Crippen LogP contribution in [0.4, 0.5) is 0 Å². The first-order chi connectivity index (χ1) is 7.20. The first-order valence-electron chi connectivity index (χ1n) is 4.95. The van der Waals surface area contributed by atoms with E-state index in [0.29, 0.717) is 6.54 Å². The molecule has 3 N–H and O–H groups in total. The zero-order valence-corrected chi connectivity index (χ0v) is 8.73. The highest BCUT2D eigenvalue weighted by molar-refractivity contribution is 5.72. The highest BCUT2D eigenvalue weighted by Gasteiger charge is 2.07. The smallest absolute Gasteiger partial charge is 0.321 e. The predicted molar refractivity (Wildman–Crippen MR) is 58.4 cm³/mol. The molecule has 1 atom stereocenters. The molecule has 0 aliphatic rings. The van der Waals surface area contributed by atoms with Crippen molar-refractivity contribution in [2.24, 2.45) is 0 Å². The number of aliphatic carboxylic acids is 1. The summed E-state index contributed by atoms with van der Waals surface area (Å²) in [7, 11) is 0. The summed E-state index contributed by atoms with van der Waals surface area (Å²) in [5, 5.41) is 8.60. The van der Waals surface area contributed by atoms with E-state index >= 15 is 0 Å². The second-order valence-electron chi connectivity index (χ2n) is 3.37. The van der Waals surface area contributed by atoms with Crippen LogP contribution in [0.15, 0.2) is 30.3 Å². The number of rotatable bonds is 6. The third-order valence-electron chi connectivity index (χ3n) is 2.07. The van der Waals surface area contributed by atoms with Crippen molar-refractivity contribution < 1.29 is 9.90 Å². The largest absolute Gasteiger partial charge is 0.480 e. The summed E-state index contributed by atoms with van der Waals surface area (Å²) in [5.74, 6) is -0.859. The third-order valence-corrected chi connectivity index (χ3v) is 2.07. The molecule has 15 heavy (non-hydrogen) atoms. The van der Waals surface area contributed by atoms with Crippen molar-refractivity contribution in [2.75, 3.05) is 6.54 Å². The van der Waals surface area contributed by atoms with Gasteiger partial charge >= 0.3 is 5.97 Å². The van der Waals surface area contributed by atoms with Gasteiger partial charge in [-0.05, 0) is 18.9 Å². The van der Waals surface area contributed by atoms with E-state index in [-0.39, 0.29) is 0 Å². The van der Waals surface area contributed by atoms with Crippen molar-refractivity contribution in [3.63, 3.8) is 0 Å². The van der Waals surface area contributed by atoms with E-state index < -0.39 is 12.0 Å². The van der Waals surface area contributed by atoms with Gasteiger partial charge in [-0.15, -0.1) is 0 Å². The van der Waals surface area contributed by atoms with E-state index in [1.54, 1.807) is 6.92 Å². The van der Waals surface area contributed by atoms with Gasteiger partial charge in [-0.3, -0.25) is 10.2 Å². The van der Waals surface area contributed by atoms with E-state index in [1.165, 1.54) is 5.56 Å². The quantitative estimate of drug-likeness (QED) is 0.478. The molecule has 0 spiro atoms. The third kappa shape index (κ3) is 4.58. The Labute approximate surface area is 89.3 Å². The number of carbonyl (C=O) groups is 1. The molecule has 1 aromatic rings. The van der Waals surface area contributed by atoms with Crippen LogP contribution in [0.5, 0.6) is 0 Å². The van der Waals surface area contributed by atoms with Gasteiger partial charge in [0, 0.05) is 6.54 Å². The minimum absolute atomic E-state index is 0.569. The summed E-state index contributed by atoms with van der Waals surface area (Å²) in [6.07, 6.45) is 0.875. The summed E-state index contributed by atoms with van der Waals surface area (Å²) in [5.41, 5.74) is 6.82. The lowest BCUT2D eigenvalue weighted by molar-refractivity contribution is -0.139. The maximum atomic E-state index is 10.5. The first-order valence-corrected chi connectivity index (χ1v) is 4.95. The Kier molecular flexibility index (Phi) is 4.80. The number of hydrazine groups is 1. The molecule has 0 amide bonds. The lowest BCUT2D eigenvalue weighted by Crippen LogP contribution is -2.44. The van der Waals surface area contributed by atoms with Crippen molar-refractivity contribution in [3.05, 3.63) is 35.9 Å². The number of benzene rings is 1. The molecule has 0 fully saturated rings. The zero-order valence-electron chi connectivity index (χ0n) is 8.73. The topological polar surface area (TPSA) is 61.4 Å². The molecule has 0 saturated heterocycles. The van der Waals surface area contributed by atoms with Gasteiger partial charge in [0.25, 0.3) is 0 Å². The second kappa shape index (κ2) is 6.16. The van der Waals surface area contributed by atoms with E-state index in [4.69, 9.17) is 5.11 Å². The van der Waals surface area contributed by atoms with Crippen LogP contribution in [0, 0.1) is 0 Å². The number of carboxylic acid groups (broad SMARTS) is 1. The minimum Gasteiger partial charge on any atom is -0.480 e. The summed E-state index contributed by atoms with van der Waals surface area (Å²) in [6, 6.07) is 9.47. The van der Waals surface area contributed by atoms with E-state index in [0.717, 1.165) is 6.42 Å². The van der Waals surface area contributed by atoms with Crippen molar-refractivity contribution in [3.8, 4) is 0 Å². The fourth-order valence-corrected chi connectivity index (χ4v) is 1.14. The molecule has 0 bridgehead atoms. The van der Waals surface area contributed by atoms with Crippen molar-refractivity contribution in [1.29, 1.82) is 0 Å². The molecule has 4 nitrogen and oxygen atoms in total. The van der Waals surface area contributed by atoms with Gasteiger partial charge in [-0.25, -0.2) is 5.43 Å². The van der Waals surface area contributed by atoms with E-state index in [9.17, 15) is 4.79 Å². The molecule has 4 heteroatoms. The van der Waals surface area contributed by atoms with Crippen molar-refractivity contribution in [1.82, 2.24) is 10.9 Å². The fraction of sp³-hybridized carbons (Fsp3) is 0.364. The lowest BCUT2D eigenvalue weighted by atomic mass is 10.2. The SMILES string of the molecule is CC(NNCCc1ccccc1)C(=O)O. The Morgan fingerprint density at radius 3 is 2.67 bits per heavy atom. The minimum atomic E-state index is -0.859. The average molecular weight is 208 g/mol. The molecular weight excluding hydrogens is 192 g/mol. The Morgan fingerprint density at radius 2 is 2.07 bits per heavy atom. The molecule has 0 aliphatic carbocycles. The van der Waals surface area contributed by atoms with Gasteiger partial charge in [0.1, 0.15) is 6.04 Å². The maximum absolute atomic E-state index is 10.5.